The molecule has 692 valence electrons. The van der Waals surface area contributed by atoms with Crippen molar-refractivity contribution in [2.24, 2.45) is 10.8 Å². The molecule has 0 aliphatic carbocycles. The SMILES string of the molecule is C.C.C=CC(=O)Nc1cccc(Oc2nc(Cl)nc3c2ccn3COC(=O)C(C)(C)C)c1.C=CC(=O)Nc1cccc(Oc2nc(Nc3ccc(N4CCN(CCC)CC4)cc3)nc3[nH]ccc23)c1.C=CC(=O)Nc1cccc(Oc2nc(Nc3ccc(N4CCN(CCC)CC4)cc3)nc3c2ccn3COC(=O)C(C)(C)C)c1.COCCN1CCN(c2ccc(N)cc2)CC1. The molecule has 33 heteroatoms. The van der Waals surface area contributed by atoms with E-state index in [0.29, 0.717) is 85.7 Å². The molecule has 0 unspecified atom stereocenters. The first-order valence-corrected chi connectivity index (χ1v) is 43.3. The Morgan fingerprint density at radius 1 is 0.450 bits per heavy atom. The molecule has 3 aliphatic rings. The Morgan fingerprint density at radius 2 is 0.817 bits per heavy atom. The predicted molar refractivity (Wildman–Crippen MR) is 523 cm³/mol. The summed E-state index contributed by atoms with van der Waals surface area (Å²) < 4.78 is 37.6. The van der Waals surface area contributed by atoms with Crippen LogP contribution in [0.4, 0.5) is 63.1 Å². The Morgan fingerprint density at radius 3 is 1.20 bits per heavy atom. The smallest absolute Gasteiger partial charge is 0.312 e. The Bertz CT molecular complexity index is 5810. The van der Waals surface area contributed by atoms with Gasteiger partial charge in [0.05, 0.1) is 33.6 Å². The van der Waals surface area contributed by atoms with Crippen LogP contribution in [-0.4, -0.2) is 200 Å². The van der Waals surface area contributed by atoms with Crippen molar-refractivity contribution in [3.63, 3.8) is 0 Å². The fourth-order valence-electron chi connectivity index (χ4n) is 14.0. The number of aromatic amines is 1. The summed E-state index contributed by atoms with van der Waals surface area (Å²) in [5, 5.41) is 16.7. The second-order valence-corrected chi connectivity index (χ2v) is 33.1. The molecule has 32 nitrogen and oxygen atoms in total. The number of nitrogens with zero attached hydrogens (tertiary/aromatic N) is 14. The largest absolute Gasteiger partial charge is 0.443 e. The number of methoxy groups -OCH3 is 1. The highest BCUT2D eigenvalue weighted by atomic mass is 35.5. The molecule has 0 bridgehead atoms. The topological polar surface area (TPSA) is 349 Å². The van der Waals surface area contributed by atoms with E-state index in [1.807, 2.05) is 69.3 Å². The summed E-state index contributed by atoms with van der Waals surface area (Å²) >= 11 is 6.08. The standard InChI is InChI=1S/C34H41N7O4.C28H31N7O2.C21H21ClN4O4.C13H21N3O.2CH4/c1-6-16-39-18-20-40(21-19-39)26-13-11-24(12-14-26)36-33-37-30-28(15-17-41(30)23-44-32(43)34(3,4)5)31(38-33)45-27-10-8-9-25(22-27)35-29(42)7-2;1-3-14-34-15-17-35(18-16-34)22-10-8-20(9-11-22)31-28-32-26-24(12-13-29-26)27(33-28)37-23-7-5-6-21(19-23)30-25(36)4-2;1-5-16(27)23-13-7-6-8-14(11-13)30-18-15-9-10-26(17(15)24-20(22)25-18)12-29-19(28)21(2,3)4;1-17-11-10-15-6-8-16(9-7-15)13-4-2-12(14)3-5-13;;/h7-15,17,22H,2,6,16,18-21,23H2,1,3-5H3,(H,35,42)(H,36,37,38);4-13,19H,2-3,14-18H2,1H3,(H,30,36)(H2,29,31,32,33);5-11H,1,12H2,2-4H3,(H,23,27);2-5H,6-11,14H2,1H3;2*1H4. The Labute approximate surface area is 771 Å². The van der Waals surface area contributed by atoms with Crippen molar-refractivity contribution in [2.45, 2.75) is 96.5 Å². The van der Waals surface area contributed by atoms with Gasteiger partial charge < -0.3 is 80.4 Å². The third-order valence-electron chi connectivity index (χ3n) is 21.0. The number of carbonyl (C=O) groups excluding carboxylic acids is 5. The first-order chi connectivity index (χ1) is 62.2. The van der Waals surface area contributed by atoms with E-state index in [1.54, 1.807) is 134 Å². The van der Waals surface area contributed by atoms with Crippen LogP contribution in [0.2, 0.25) is 5.28 Å². The minimum atomic E-state index is -0.639. The highest BCUT2D eigenvalue weighted by Crippen LogP contribution is 2.37. The van der Waals surface area contributed by atoms with E-state index in [-0.39, 0.29) is 69.1 Å². The number of ether oxygens (including phenoxy) is 6. The monoisotopic (exact) mass is 1800 g/mol. The van der Waals surface area contributed by atoms with Crippen LogP contribution in [0.15, 0.2) is 220 Å². The van der Waals surface area contributed by atoms with Gasteiger partial charge in [0, 0.05) is 180 Å². The van der Waals surface area contributed by atoms with Gasteiger partial charge in [0.25, 0.3) is 0 Å². The molecule has 6 aromatic carbocycles. The van der Waals surface area contributed by atoms with E-state index in [4.69, 9.17) is 55.7 Å². The molecule has 3 saturated heterocycles. The fraction of sp³-hybridized carbons (Fsp3) is 0.337. The lowest BCUT2D eigenvalue weighted by atomic mass is 9.97. The number of nitrogen functional groups attached to an aromatic ring is 1. The van der Waals surface area contributed by atoms with Gasteiger partial charge in [-0.3, -0.25) is 47.8 Å². The highest BCUT2D eigenvalue weighted by molar-refractivity contribution is 6.28. The lowest BCUT2D eigenvalue weighted by Gasteiger charge is -2.36. The number of amides is 3. The zero-order valence-electron chi connectivity index (χ0n) is 74.5. The van der Waals surface area contributed by atoms with E-state index in [9.17, 15) is 24.0 Å². The third kappa shape index (κ3) is 28.5. The lowest BCUT2D eigenvalue weighted by Crippen LogP contribution is -2.47. The molecule has 0 spiro atoms. The third-order valence-corrected chi connectivity index (χ3v) is 21.1. The summed E-state index contributed by atoms with van der Waals surface area (Å²) in [6, 6.07) is 51.1. The minimum absolute atomic E-state index is 0. The summed E-state index contributed by atoms with van der Waals surface area (Å²) in [4.78, 5) is 104. The number of fused-ring (bicyclic) bond motifs is 3. The number of esters is 2. The zero-order valence-corrected chi connectivity index (χ0v) is 75.3. The molecule has 6 aromatic heterocycles. The van der Waals surface area contributed by atoms with Crippen molar-refractivity contribution < 1.29 is 52.4 Å². The van der Waals surface area contributed by atoms with Crippen LogP contribution in [-0.2, 0) is 51.6 Å². The average molecular weight is 1810 g/mol. The Kier molecular flexibility index (Phi) is 35.9. The summed E-state index contributed by atoms with van der Waals surface area (Å²) in [5.41, 5.74) is 14.0. The first kappa shape index (κ1) is 99.2. The number of carbonyl (C=O) groups is 5. The average Bonchev–Trinajstić information content (AvgIpc) is 1.66. The molecule has 15 rings (SSSR count). The molecule has 0 atom stereocenters. The maximum Gasteiger partial charge on any atom is 0.312 e. The number of benzene rings is 6. The molecule has 12 aromatic rings. The Hall–Kier alpha value is -13.9. The fourth-order valence-corrected chi connectivity index (χ4v) is 14.2. The predicted octanol–water partition coefficient (Wildman–Crippen LogP) is 18.2. The van der Waals surface area contributed by atoms with Crippen LogP contribution < -0.4 is 61.2 Å². The molecule has 3 fully saturated rings. The van der Waals surface area contributed by atoms with Gasteiger partial charge in [-0.15, -0.1) is 0 Å². The number of rotatable bonds is 30. The van der Waals surface area contributed by atoms with E-state index in [0.717, 1.165) is 121 Å². The molecule has 131 heavy (non-hydrogen) atoms. The first-order valence-electron chi connectivity index (χ1n) is 42.9. The van der Waals surface area contributed by atoms with E-state index in [2.05, 4.69) is 151 Å². The molecular formula is C98H122ClN21O11. The molecule has 8 N–H and O–H groups in total. The molecule has 3 aliphatic heterocycles. The number of H-pyrrole nitrogens is 1. The molecule has 0 saturated carbocycles. The van der Waals surface area contributed by atoms with Gasteiger partial charge in [-0.1, -0.05) is 66.6 Å². The number of hydrogen-bond acceptors (Lipinski definition) is 26. The number of hydrogen-bond donors (Lipinski definition) is 7. The summed E-state index contributed by atoms with van der Waals surface area (Å²) in [6.07, 6.45) is 11.3. The number of nitrogens with one attached hydrogen (secondary N) is 6. The van der Waals surface area contributed by atoms with Crippen molar-refractivity contribution in [2.75, 3.05) is 159 Å². The Balaban J connectivity index is 0.000000188. The van der Waals surface area contributed by atoms with Crippen LogP contribution in [0.25, 0.3) is 33.1 Å². The van der Waals surface area contributed by atoms with Gasteiger partial charge >= 0.3 is 11.9 Å². The quantitative estimate of drug-likeness (QED) is 0.00951. The van der Waals surface area contributed by atoms with Crippen LogP contribution in [0.5, 0.6) is 34.9 Å². The van der Waals surface area contributed by atoms with Crippen molar-refractivity contribution >= 4 is 137 Å². The minimum Gasteiger partial charge on any atom is -0.443 e. The summed E-state index contributed by atoms with van der Waals surface area (Å²) in [6.45, 7) is 42.5. The summed E-state index contributed by atoms with van der Waals surface area (Å²) in [5.74, 6) is 1.53. The number of piperazine rings is 3. The molecular weight excluding hydrogens is 1680 g/mol. The summed E-state index contributed by atoms with van der Waals surface area (Å²) in [7, 11) is 1.75. The van der Waals surface area contributed by atoms with Crippen molar-refractivity contribution in [1.29, 1.82) is 0 Å². The molecule has 9 heterocycles. The second-order valence-electron chi connectivity index (χ2n) is 32.8. The number of aromatic nitrogens is 9. The van der Waals surface area contributed by atoms with Gasteiger partial charge in [-0.25, -0.2) is 0 Å². The van der Waals surface area contributed by atoms with Crippen LogP contribution in [0, 0.1) is 10.8 Å². The maximum absolute atomic E-state index is 12.5. The van der Waals surface area contributed by atoms with Crippen molar-refractivity contribution in [1.82, 2.24) is 58.7 Å². The number of anilines is 11. The van der Waals surface area contributed by atoms with E-state index >= 15 is 0 Å². The lowest BCUT2D eigenvalue weighted by molar-refractivity contribution is -0.157. The molecule has 3 amide bonds. The highest BCUT2D eigenvalue weighted by Gasteiger charge is 2.28. The van der Waals surface area contributed by atoms with Gasteiger partial charge in [0.1, 0.15) is 22.9 Å². The number of halogens is 1. The second kappa shape index (κ2) is 47.4. The van der Waals surface area contributed by atoms with Crippen LogP contribution in [0.3, 0.4) is 0 Å². The van der Waals surface area contributed by atoms with Crippen LogP contribution in [0.1, 0.15) is 83.1 Å². The van der Waals surface area contributed by atoms with Crippen LogP contribution >= 0.6 is 11.6 Å². The zero-order chi connectivity index (χ0) is 91.6. The number of nitrogens with two attached hydrogens (primary N) is 1. The van der Waals surface area contributed by atoms with E-state index < -0.39 is 10.8 Å². The van der Waals surface area contributed by atoms with Gasteiger partial charge in [-0.2, -0.15) is 29.9 Å². The maximum atomic E-state index is 12.5. The van der Waals surface area contributed by atoms with E-state index in [1.165, 1.54) is 54.7 Å². The van der Waals surface area contributed by atoms with Gasteiger partial charge in [0.15, 0.2) is 24.8 Å². The molecule has 0 radical (unpaired) electrons. The normalized spacial score (nSPS) is 13.5. The van der Waals surface area contributed by atoms with Crippen molar-refractivity contribution in [3.05, 3.63) is 226 Å². The van der Waals surface area contributed by atoms with Gasteiger partial charge in [0.2, 0.25) is 52.5 Å². The van der Waals surface area contributed by atoms with Gasteiger partial charge in [-0.05, 0) is 225 Å². The van der Waals surface area contributed by atoms with Crippen molar-refractivity contribution in [3.8, 4) is 34.9 Å².